The molecule has 3 fully saturated rings. The Bertz CT molecular complexity index is 2080. The molecule has 2 aliphatic heterocycles. The van der Waals surface area contributed by atoms with Crippen molar-refractivity contribution >= 4 is 44.3 Å². The number of nitrogens with one attached hydrogen (secondary N) is 2. The van der Waals surface area contributed by atoms with Gasteiger partial charge in [0.25, 0.3) is 5.92 Å². The molecule has 0 unspecified atom stereocenters. The van der Waals surface area contributed by atoms with Crippen molar-refractivity contribution in [2.24, 2.45) is 0 Å². The average Bonchev–Trinajstić information content (AvgIpc) is 3.59. The number of carbonyl (C=O) groups excluding carboxylic acids is 1. The number of benzene rings is 4. The van der Waals surface area contributed by atoms with E-state index in [1.165, 1.54) is 41.3 Å². The third-order valence-electron chi connectivity index (χ3n) is 9.82. The number of alkyl halides is 5. The number of carboxylic acid groups (broad SMARTS) is 1. The molecule has 9 nitrogen and oxygen atoms in total. The number of carboxylic acids is 1. The quantitative estimate of drug-likeness (QED) is 0.155. The molecule has 7 rings (SSSR count). The van der Waals surface area contributed by atoms with Crippen LogP contribution in [0.1, 0.15) is 37.7 Å². The molecule has 4 aromatic carbocycles. The molecule has 0 bridgehead atoms. The Kier molecular flexibility index (Phi) is 10.8. The Morgan fingerprint density at radius 1 is 0.887 bits per heavy atom. The molecule has 53 heavy (non-hydrogen) atoms. The van der Waals surface area contributed by atoms with Gasteiger partial charge in [0.1, 0.15) is 5.75 Å². The lowest BCUT2D eigenvalue weighted by Crippen LogP contribution is -2.79. The lowest BCUT2D eigenvalue weighted by Gasteiger charge is -2.59. The molecule has 4 aromatic rings. The van der Waals surface area contributed by atoms with Gasteiger partial charge in [-0.05, 0) is 90.4 Å². The number of amides is 1. The fourth-order valence-electron chi connectivity index (χ4n) is 6.66. The Morgan fingerprint density at radius 3 is 1.98 bits per heavy atom. The summed E-state index contributed by atoms with van der Waals surface area (Å²) in [6.45, 7) is 1.25. The van der Waals surface area contributed by atoms with Crippen LogP contribution in [0.15, 0.2) is 89.8 Å². The van der Waals surface area contributed by atoms with E-state index in [9.17, 15) is 26.4 Å². The predicted molar refractivity (Wildman–Crippen MR) is 187 cm³/mol. The number of rotatable bonds is 9. The summed E-state index contributed by atoms with van der Waals surface area (Å²) in [6.07, 6.45) is 0.0508. The number of likely N-dealkylation sites (tertiary alicyclic amines) is 1. The van der Waals surface area contributed by atoms with Crippen molar-refractivity contribution in [3.05, 3.63) is 95.5 Å². The summed E-state index contributed by atoms with van der Waals surface area (Å²) in [7, 11) is -4.55. The Balaban J connectivity index is 0.000000626. The highest BCUT2D eigenvalue weighted by Gasteiger charge is 2.57. The fraction of sp³-hybridized carbons (Fsp3) is 0.351. The summed E-state index contributed by atoms with van der Waals surface area (Å²) in [4.78, 5) is 23.9. The second-order valence-corrected chi connectivity index (χ2v) is 15.5. The smallest absolute Gasteiger partial charge is 0.490 e. The van der Waals surface area contributed by atoms with Gasteiger partial charge in [-0.25, -0.2) is 13.2 Å². The molecular formula is C37H35ClF5N3O6S. The maximum Gasteiger partial charge on any atom is 0.490 e. The normalized spacial score (nSPS) is 17.7. The van der Waals surface area contributed by atoms with Gasteiger partial charge in [0, 0.05) is 30.2 Å². The summed E-state index contributed by atoms with van der Waals surface area (Å²) < 4.78 is 100. The first-order valence-corrected chi connectivity index (χ1v) is 18.6. The van der Waals surface area contributed by atoms with Gasteiger partial charge in [-0.15, -0.1) is 0 Å². The van der Waals surface area contributed by atoms with E-state index in [0.29, 0.717) is 41.2 Å². The van der Waals surface area contributed by atoms with Gasteiger partial charge in [0.2, 0.25) is 15.9 Å². The number of fused-ring (bicyclic) bond motifs is 1. The van der Waals surface area contributed by atoms with Crippen molar-refractivity contribution in [3.8, 4) is 16.9 Å². The first-order valence-electron chi connectivity index (χ1n) is 16.8. The zero-order valence-corrected chi connectivity index (χ0v) is 29.6. The maximum absolute atomic E-state index is 16.4. The van der Waals surface area contributed by atoms with E-state index in [4.69, 9.17) is 26.2 Å². The van der Waals surface area contributed by atoms with E-state index in [-0.39, 0.29) is 17.5 Å². The van der Waals surface area contributed by atoms with Gasteiger partial charge in [0.15, 0.2) is 6.04 Å². The molecule has 282 valence electrons. The van der Waals surface area contributed by atoms with Crippen LogP contribution >= 0.6 is 11.6 Å². The van der Waals surface area contributed by atoms with Crippen LogP contribution in [-0.2, 0) is 25.5 Å². The van der Waals surface area contributed by atoms with Crippen LogP contribution in [0.4, 0.5) is 22.0 Å². The van der Waals surface area contributed by atoms with Crippen LogP contribution in [0, 0.1) is 0 Å². The molecule has 1 amide bonds. The summed E-state index contributed by atoms with van der Waals surface area (Å²) >= 11 is 5.99. The highest BCUT2D eigenvalue weighted by molar-refractivity contribution is 7.89. The Morgan fingerprint density at radius 2 is 1.45 bits per heavy atom. The van der Waals surface area contributed by atoms with Crippen LogP contribution in [0.2, 0.25) is 5.02 Å². The van der Waals surface area contributed by atoms with E-state index in [2.05, 4.69) is 10.0 Å². The highest BCUT2D eigenvalue weighted by atomic mass is 35.5. The van der Waals surface area contributed by atoms with Crippen molar-refractivity contribution in [1.82, 2.24) is 14.9 Å². The molecule has 2 saturated heterocycles. The second-order valence-electron chi connectivity index (χ2n) is 13.3. The van der Waals surface area contributed by atoms with E-state index in [0.717, 1.165) is 36.6 Å². The van der Waals surface area contributed by atoms with Gasteiger partial charge in [-0.1, -0.05) is 60.1 Å². The standard InChI is InChI=1S/C35H34ClF2N3O4S.C2HF3O2/c36-28-13-7-24(8-14-28)23-5-11-27(12-6-23)35(37,38)32(33(42)41-18-17-34(41)21-39-22-34)40-46(43,44)31-16-10-25-19-30(15-9-26(25)20-31)45-29-3-1-2-4-29;3-2(4,5)1(6)7/h5-16,19-20,29,32,39-40H,1-4,17-18,21-22H2;(H,6,7)/t32-;/m0./s1. The van der Waals surface area contributed by atoms with Crippen LogP contribution in [0.5, 0.6) is 5.75 Å². The van der Waals surface area contributed by atoms with E-state index >= 15 is 8.78 Å². The minimum absolute atomic E-state index is 0.173. The molecule has 1 atom stereocenters. The molecule has 16 heteroatoms. The van der Waals surface area contributed by atoms with Crippen molar-refractivity contribution in [1.29, 1.82) is 0 Å². The number of halogens is 6. The van der Waals surface area contributed by atoms with Gasteiger partial charge in [-0.3, -0.25) is 4.79 Å². The second kappa shape index (κ2) is 14.8. The molecule has 3 aliphatic rings. The summed E-state index contributed by atoms with van der Waals surface area (Å²) in [6, 6.07) is 19.9. The average molecular weight is 780 g/mol. The first-order chi connectivity index (χ1) is 25.0. The van der Waals surface area contributed by atoms with E-state index in [1.54, 1.807) is 42.5 Å². The lowest BCUT2D eigenvalue weighted by atomic mass is 9.78. The van der Waals surface area contributed by atoms with Crippen molar-refractivity contribution in [2.75, 3.05) is 19.6 Å². The summed E-state index contributed by atoms with van der Waals surface area (Å²) in [5.74, 6) is -6.86. The Hall–Kier alpha value is -4.31. The summed E-state index contributed by atoms with van der Waals surface area (Å²) in [5.41, 5.74) is 0.424. The van der Waals surface area contributed by atoms with Gasteiger partial charge >= 0.3 is 12.1 Å². The lowest BCUT2D eigenvalue weighted by molar-refractivity contribution is -0.192. The number of carbonyl (C=O) groups is 2. The topological polar surface area (TPSA) is 125 Å². The highest BCUT2D eigenvalue weighted by Crippen LogP contribution is 2.40. The van der Waals surface area contributed by atoms with Crippen molar-refractivity contribution < 1.29 is 49.8 Å². The van der Waals surface area contributed by atoms with Crippen molar-refractivity contribution in [3.63, 3.8) is 0 Å². The molecule has 0 aromatic heterocycles. The zero-order chi connectivity index (χ0) is 38.2. The van der Waals surface area contributed by atoms with E-state index in [1.807, 2.05) is 6.07 Å². The number of hydrogen-bond donors (Lipinski definition) is 3. The van der Waals surface area contributed by atoms with Gasteiger partial charge in [-0.2, -0.15) is 26.7 Å². The van der Waals surface area contributed by atoms with Gasteiger partial charge in [0.05, 0.1) is 16.5 Å². The minimum atomic E-state index is -5.08. The third kappa shape index (κ3) is 8.27. The van der Waals surface area contributed by atoms with Crippen LogP contribution in [-0.4, -0.2) is 73.8 Å². The van der Waals surface area contributed by atoms with Crippen LogP contribution in [0.25, 0.3) is 21.9 Å². The molecule has 0 radical (unpaired) electrons. The fourth-order valence-corrected chi connectivity index (χ4v) is 8.01. The molecule has 3 N–H and O–H groups in total. The first kappa shape index (κ1) is 38.4. The van der Waals surface area contributed by atoms with Gasteiger partial charge < -0.3 is 20.1 Å². The molecule has 1 aliphatic carbocycles. The number of nitrogens with zero attached hydrogens (tertiary/aromatic N) is 1. The zero-order valence-electron chi connectivity index (χ0n) is 28.0. The van der Waals surface area contributed by atoms with Crippen LogP contribution < -0.4 is 14.8 Å². The minimum Gasteiger partial charge on any atom is -0.490 e. The largest absolute Gasteiger partial charge is 0.490 e. The SMILES string of the molecule is O=C(O)C(F)(F)F.O=C([C@H](NS(=O)(=O)c1ccc2cc(OC3CCCC3)ccc2c1)C(F)(F)c1ccc(-c2ccc(Cl)cc2)cc1)N1CCC12CNC2. The van der Waals surface area contributed by atoms with Crippen LogP contribution in [0.3, 0.4) is 0 Å². The number of hydrogen-bond acceptors (Lipinski definition) is 6. The van der Waals surface area contributed by atoms with E-state index < -0.39 is 51.1 Å². The number of ether oxygens (including phenoxy) is 1. The molecule has 2 heterocycles. The molecule has 1 spiro atoms. The maximum atomic E-state index is 16.4. The number of sulfonamides is 1. The number of aliphatic carboxylic acids is 1. The third-order valence-corrected chi connectivity index (χ3v) is 11.5. The monoisotopic (exact) mass is 779 g/mol. The Labute approximate surface area is 307 Å². The molecular weight excluding hydrogens is 745 g/mol. The predicted octanol–water partition coefficient (Wildman–Crippen LogP) is 7.13. The summed E-state index contributed by atoms with van der Waals surface area (Å²) in [5, 5.41) is 12.1. The van der Waals surface area contributed by atoms with Crippen molar-refractivity contribution in [2.45, 2.75) is 66.8 Å². The molecule has 1 saturated carbocycles.